The van der Waals surface area contributed by atoms with Gasteiger partial charge in [-0.2, -0.15) is 0 Å². The van der Waals surface area contributed by atoms with E-state index in [-0.39, 0.29) is 18.4 Å². The highest BCUT2D eigenvalue weighted by molar-refractivity contribution is 7.98. The van der Waals surface area contributed by atoms with Crippen molar-refractivity contribution >= 4 is 23.6 Å². The van der Waals surface area contributed by atoms with E-state index in [4.69, 9.17) is 4.74 Å². The minimum atomic E-state index is -0.851. The summed E-state index contributed by atoms with van der Waals surface area (Å²) in [6.45, 7) is 7.30. The van der Waals surface area contributed by atoms with Crippen LogP contribution in [0.2, 0.25) is 0 Å². The SMILES string of the molecule is CSc1nc(C)c(CCC(=O)OC(C)C(=O)NC(C)c2ccccc2)c(C)n1. The Morgan fingerprint density at radius 1 is 1.11 bits per heavy atom. The van der Waals surface area contributed by atoms with Gasteiger partial charge in [-0.15, -0.1) is 0 Å². The second kappa shape index (κ2) is 10.2. The van der Waals surface area contributed by atoms with Gasteiger partial charge in [0.15, 0.2) is 11.3 Å². The fourth-order valence-electron chi connectivity index (χ4n) is 2.85. The highest BCUT2D eigenvalue weighted by atomic mass is 32.2. The number of nitrogens with one attached hydrogen (secondary N) is 1. The molecule has 0 saturated heterocycles. The van der Waals surface area contributed by atoms with Crippen molar-refractivity contribution in [1.29, 1.82) is 0 Å². The zero-order valence-corrected chi connectivity index (χ0v) is 17.8. The molecule has 1 N–H and O–H groups in total. The van der Waals surface area contributed by atoms with E-state index in [0.717, 1.165) is 27.7 Å². The number of carbonyl (C=O) groups is 2. The van der Waals surface area contributed by atoms with Gasteiger partial charge >= 0.3 is 5.97 Å². The lowest BCUT2D eigenvalue weighted by atomic mass is 10.1. The lowest BCUT2D eigenvalue weighted by molar-refractivity contribution is -0.155. The van der Waals surface area contributed by atoms with Crippen LogP contribution in [-0.2, 0) is 20.7 Å². The number of ether oxygens (including phenoxy) is 1. The van der Waals surface area contributed by atoms with Crippen molar-refractivity contribution in [2.45, 2.75) is 57.8 Å². The molecule has 6 nitrogen and oxygen atoms in total. The van der Waals surface area contributed by atoms with E-state index in [1.165, 1.54) is 11.8 Å². The molecular formula is C21H27N3O3S. The molecule has 28 heavy (non-hydrogen) atoms. The van der Waals surface area contributed by atoms with Crippen LogP contribution in [0.3, 0.4) is 0 Å². The molecule has 150 valence electrons. The molecule has 0 saturated carbocycles. The van der Waals surface area contributed by atoms with Crippen LogP contribution in [0, 0.1) is 13.8 Å². The van der Waals surface area contributed by atoms with Crippen LogP contribution in [0.4, 0.5) is 0 Å². The lowest BCUT2D eigenvalue weighted by Crippen LogP contribution is -2.37. The highest BCUT2D eigenvalue weighted by Crippen LogP contribution is 2.17. The number of aromatic nitrogens is 2. The van der Waals surface area contributed by atoms with Crippen LogP contribution in [0.25, 0.3) is 0 Å². The molecule has 0 aliphatic rings. The monoisotopic (exact) mass is 401 g/mol. The van der Waals surface area contributed by atoms with Gasteiger partial charge in [0, 0.05) is 17.8 Å². The Balaban J connectivity index is 1.86. The first-order valence-corrected chi connectivity index (χ1v) is 10.5. The van der Waals surface area contributed by atoms with Crippen LogP contribution >= 0.6 is 11.8 Å². The molecular weight excluding hydrogens is 374 g/mol. The molecule has 7 heteroatoms. The molecule has 0 fully saturated rings. The molecule has 1 heterocycles. The first-order valence-electron chi connectivity index (χ1n) is 9.24. The molecule has 0 aliphatic carbocycles. The second-order valence-electron chi connectivity index (χ2n) is 6.63. The smallest absolute Gasteiger partial charge is 0.306 e. The summed E-state index contributed by atoms with van der Waals surface area (Å²) in [5.74, 6) is -0.729. The molecule has 2 atom stereocenters. The largest absolute Gasteiger partial charge is 0.453 e. The van der Waals surface area contributed by atoms with Crippen molar-refractivity contribution in [1.82, 2.24) is 15.3 Å². The number of amides is 1. The van der Waals surface area contributed by atoms with Crippen LogP contribution in [-0.4, -0.2) is 34.2 Å². The van der Waals surface area contributed by atoms with E-state index in [2.05, 4.69) is 15.3 Å². The van der Waals surface area contributed by atoms with Gasteiger partial charge in [0.2, 0.25) is 0 Å². The minimum Gasteiger partial charge on any atom is -0.453 e. The van der Waals surface area contributed by atoms with Crippen molar-refractivity contribution in [3.05, 3.63) is 52.8 Å². The topological polar surface area (TPSA) is 81.2 Å². The van der Waals surface area contributed by atoms with Gasteiger partial charge in [0.1, 0.15) is 0 Å². The van der Waals surface area contributed by atoms with Crippen LogP contribution in [0.15, 0.2) is 35.5 Å². The summed E-state index contributed by atoms with van der Waals surface area (Å²) in [7, 11) is 0. The lowest BCUT2D eigenvalue weighted by Gasteiger charge is -2.18. The Bertz CT molecular complexity index is 804. The third-order valence-corrected chi connectivity index (χ3v) is 5.05. The fourth-order valence-corrected chi connectivity index (χ4v) is 3.31. The van der Waals surface area contributed by atoms with E-state index in [9.17, 15) is 9.59 Å². The summed E-state index contributed by atoms with van der Waals surface area (Å²) in [5, 5.41) is 3.59. The Morgan fingerprint density at radius 3 is 2.29 bits per heavy atom. The van der Waals surface area contributed by atoms with Crippen molar-refractivity contribution in [3.63, 3.8) is 0 Å². The van der Waals surface area contributed by atoms with E-state index in [1.54, 1.807) is 6.92 Å². The molecule has 0 radical (unpaired) electrons. The maximum Gasteiger partial charge on any atom is 0.306 e. The summed E-state index contributed by atoms with van der Waals surface area (Å²) in [6, 6.07) is 9.48. The molecule has 2 aromatic rings. The Kier molecular flexibility index (Phi) is 7.99. The van der Waals surface area contributed by atoms with Crippen molar-refractivity contribution in [3.8, 4) is 0 Å². The number of nitrogens with zero attached hydrogens (tertiary/aromatic N) is 2. The van der Waals surface area contributed by atoms with E-state index < -0.39 is 12.1 Å². The quantitative estimate of drug-likeness (QED) is 0.414. The molecule has 2 rings (SSSR count). The molecule has 0 aliphatic heterocycles. The first-order chi connectivity index (χ1) is 13.3. The Morgan fingerprint density at radius 2 is 1.71 bits per heavy atom. The number of esters is 1. The first kappa shape index (κ1) is 21.9. The molecule has 0 bridgehead atoms. The van der Waals surface area contributed by atoms with Crippen molar-refractivity contribution in [2.75, 3.05) is 6.26 Å². The third kappa shape index (κ3) is 6.05. The van der Waals surface area contributed by atoms with E-state index >= 15 is 0 Å². The van der Waals surface area contributed by atoms with Gasteiger partial charge in [-0.1, -0.05) is 42.1 Å². The normalized spacial score (nSPS) is 12.9. The van der Waals surface area contributed by atoms with Gasteiger partial charge in [0.25, 0.3) is 5.91 Å². The molecule has 1 aromatic heterocycles. The fraction of sp³-hybridized carbons (Fsp3) is 0.429. The molecule has 1 amide bonds. The summed E-state index contributed by atoms with van der Waals surface area (Å²) in [6.07, 6.45) is 1.74. The molecule has 0 spiro atoms. The second-order valence-corrected chi connectivity index (χ2v) is 7.41. The predicted octanol–water partition coefficient (Wildman–Crippen LogP) is 3.56. The zero-order valence-electron chi connectivity index (χ0n) is 17.0. The van der Waals surface area contributed by atoms with Gasteiger partial charge in [-0.05, 0) is 51.5 Å². The summed E-state index contributed by atoms with van der Waals surface area (Å²) >= 11 is 1.49. The standard InChI is InChI=1S/C21H27N3O3S/c1-13(17-9-7-6-8-10-17)22-20(26)16(4)27-19(25)12-11-18-14(2)23-21(28-5)24-15(18)3/h6-10,13,16H,11-12H2,1-5H3,(H,22,26). The highest BCUT2D eigenvalue weighted by Gasteiger charge is 2.20. The van der Waals surface area contributed by atoms with Crippen molar-refractivity contribution < 1.29 is 14.3 Å². The number of hydrogen-bond acceptors (Lipinski definition) is 6. The molecule has 1 aromatic carbocycles. The average molecular weight is 402 g/mol. The Labute approximate surface area is 170 Å². The van der Waals surface area contributed by atoms with Crippen LogP contribution in [0.5, 0.6) is 0 Å². The van der Waals surface area contributed by atoms with E-state index in [0.29, 0.717) is 6.42 Å². The minimum absolute atomic E-state index is 0.160. The average Bonchev–Trinajstić information content (AvgIpc) is 2.67. The number of hydrogen-bond donors (Lipinski definition) is 1. The summed E-state index contributed by atoms with van der Waals surface area (Å²) < 4.78 is 5.30. The van der Waals surface area contributed by atoms with Gasteiger partial charge in [-0.3, -0.25) is 9.59 Å². The number of carbonyl (C=O) groups excluding carboxylic acids is 2. The maximum absolute atomic E-state index is 12.3. The van der Waals surface area contributed by atoms with Crippen LogP contribution in [0.1, 0.15) is 48.8 Å². The van der Waals surface area contributed by atoms with Gasteiger partial charge in [0.05, 0.1) is 6.04 Å². The summed E-state index contributed by atoms with van der Waals surface area (Å²) in [4.78, 5) is 33.3. The van der Waals surface area contributed by atoms with Crippen molar-refractivity contribution in [2.24, 2.45) is 0 Å². The predicted molar refractivity (Wildman–Crippen MR) is 110 cm³/mol. The summed E-state index contributed by atoms with van der Waals surface area (Å²) in [5.41, 5.74) is 3.68. The number of thioether (sulfide) groups is 1. The number of rotatable bonds is 8. The van der Waals surface area contributed by atoms with Crippen LogP contribution < -0.4 is 5.32 Å². The number of aryl methyl sites for hydroxylation is 2. The zero-order chi connectivity index (χ0) is 20.7. The number of benzene rings is 1. The third-order valence-electron chi connectivity index (χ3n) is 4.50. The maximum atomic E-state index is 12.3. The Hall–Kier alpha value is -2.41. The molecule has 2 unspecified atom stereocenters. The van der Waals surface area contributed by atoms with Gasteiger partial charge < -0.3 is 10.1 Å². The van der Waals surface area contributed by atoms with E-state index in [1.807, 2.05) is 57.4 Å². The van der Waals surface area contributed by atoms with Gasteiger partial charge in [-0.25, -0.2) is 9.97 Å².